The van der Waals surface area contributed by atoms with Crippen molar-refractivity contribution in [3.8, 4) is 5.75 Å². The van der Waals surface area contributed by atoms with Gasteiger partial charge in [0, 0.05) is 19.6 Å². The van der Waals surface area contributed by atoms with E-state index in [0.29, 0.717) is 5.92 Å². The van der Waals surface area contributed by atoms with Crippen LogP contribution in [0.2, 0.25) is 0 Å². The second-order valence-corrected chi connectivity index (χ2v) is 6.96. The quantitative estimate of drug-likeness (QED) is 0.901. The zero-order chi connectivity index (χ0) is 14.8. The van der Waals surface area contributed by atoms with E-state index >= 15 is 0 Å². The van der Waals surface area contributed by atoms with Gasteiger partial charge in [0.05, 0.1) is 0 Å². The molecule has 1 aromatic carbocycles. The molecule has 1 aromatic rings. The highest BCUT2D eigenvalue weighted by Gasteiger charge is 2.35. The van der Waals surface area contributed by atoms with Crippen LogP contribution in [-0.4, -0.2) is 44.2 Å². The highest BCUT2D eigenvalue weighted by Crippen LogP contribution is 2.26. The SMILES string of the molecule is Cc1cc(OCCN2CC3CNCC3C2)ccc1C(C)C. The summed E-state index contributed by atoms with van der Waals surface area (Å²) < 4.78 is 5.95. The van der Waals surface area contributed by atoms with Crippen molar-refractivity contribution in [2.45, 2.75) is 26.7 Å². The van der Waals surface area contributed by atoms with Crippen molar-refractivity contribution >= 4 is 0 Å². The van der Waals surface area contributed by atoms with Crippen LogP contribution in [0.4, 0.5) is 0 Å². The zero-order valence-electron chi connectivity index (χ0n) is 13.6. The van der Waals surface area contributed by atoms with Crippen LogP contribution >= 0.6 is 0 Å². The number of benzene rings is 1. The fraction of sp³-hybridized carbons (Fsp3) is 0.667. The second kappa shape index (κ2) is 6.37. The van der Waals surface area contributed by atoms with Gasteiger partial charge in [-0.1, -0.05) is 19.9 Å². The number of nitrogens with zero attached hydrogens (tertiary/aromatic N) is 1. The largest absolute Gasteiger partial charge is 0.492 e. The van der Waals surface area contributed by atoms with Gasteiger partial charge in [0.25, 0.3) is 0 Å². The first-order valence-electron chi connectivity index (χ1n) is 8.30. The molecule has 2 unspecified atom stereocenters. The topological polar surface area (TPSA) is 24.5 Å². The van der Waals surface area contributed by atoms with Gasteiger partial charge in [-0.25, -0.2) is 0 Å². The third-order valence-electron chi connectivity index (χ3n) is 5.00. The lowest BCUT2D eigenvalue weighted by atomic mass is 9.98. The molecule has 2 aliphatic rings. The van der Waals surface area contributed by atoms with Gasteiger partial charge in [-0.2, -0.15) is 0 Å². The molecule has 116 valence electrons. The number of hydrogen-bond donors (Lipinski definition) is 1. The van der Waals surface area contributed by atoms with Crippen molar-refractivity contribution in [1.29, 1.82) is 0 Å². The summed E-state index contributed by atoms with van der Waals surface area (Å²) in [5.41, 5.74) is 2.76. The van der Waals surface area contributed by atoms with E-state index in [1.165, 1.54) is 37.3 Å². The van der Waals surface area contributed by atoms with E-state index in [-0.39, 0.29) is 0 Å². The van der Waals surface area contributed by atoms with E-state index < -0.39 is 0 Å². The minimum Gasteiger partial charge on any atom is -0.492 e. The lowest BCUT2D eigenvalue weighted by molar-refractivity contribution is 0.228. The predicted octanol–water partition coefficient (Wildman–Crippen LogP) is 2.65. The van der Waals surface area contributed by atoms with Crippen molar-refractivity contribution in [2.75, 3.05) is 39.3 Å². The van der Waals surface area contributed by atoms with Gasteiger partial charge in [-0.3, -0.25) is 4.90 Å². The molecule has 0 saturated carbocycles. The molecule has 3 heteroatoms. The van der Waals surface area contributed by atoms with Gasteiger partial charge in [0.2, 0.25) is 0 Å². The van der Waals surface area contributed by atoms with Gasteiger partial charge in [-0.15, -0.1) is 0 Å². The number of nitrogens with one attached hydrogen (secondary N) is 1. The number of rotatable bonds is 5. The predicted molar refractivity (Wildman–Crippen MR) is 87.1 cm³/mol. The summed E-state index contributed by atoms with van der Waals surface area (Å²) in [5, 5.41) is 3.49. The van der Waals surface area contributed by atoms with Crippen LogP contribution in [0.25, 0.3) is 0 Å². The Labute approximate surface area is 128 Å². The van der Waals surface area contributed by atoms with E-state index in [1.54, 1.807) is 0 Å². The van der Waals surface area contributed by atoms with Crippen molar-refractivity contribution in [3.63, 3.8) is 0 Å². The Bertz CT molecular complexity index is 474. The number of hydrogen-bond acceptors (Lipinski definition) is 3. The summed E-state index contributed by atoms with van der Waals surface area (Å²) in [7, 11) is 0. The smallest absolute Gasteiger partial charge is 0.119 e. The van der Waals surface area contributed by atoms with E-state index in [9.17, 15) is 0 Å². The third-order valence-corrected chi connectivity index (χ3v) is 5.00. The molecule has 0 bridgehead atoms. The highest BCUT2D eigenvalue weighted by molar-refractivity contribution is 5.36. The molecule has 21 heavy (non-hydrogen) atoms. The second-order valence-electron chi connectivity index (χ2n) is 6.96. The van der Waals surface area contributed by atoms with E-state index in [0.717, 1.165) is 30.7 Å². The molecule has 1 N–H and O–H groups in total. The lowest BCUT2D eigenvalue weighted by Gasteiger charge is -2.18. The van der Waals surface area contributed by atoms with Gasteiger partial charge >= 0.3 is 0 Å². The van der Waals surface area contributed by atoms with Crippen LogP contribution < -0.4 is 10.1 Å². The Kier molecular flexibility index (Phi) is 4.51. The summed E-state index contributed by atoms with van der Waals surface area (Å²) in [5.74, 6) is 3.34. The van der Waals surface area contributed by atoms with Gasteiger partial charge in [0.1, 0.15) is 12.4 Å². The highest BCUT2D eigenvalue weighted by atomic mass is 16.5. The fourth-order valence-corrected chi connectivity index (χ4v) is 3.81. The molecule has 2 saturated heterocycles. The third kappa shape index (κ3) is 3.41. The number of fused-ring (bicyclic) bond motifs is 1. The zero-order valence-corrected chi connectivity index (χ0v) is 13.6. The maximum Gasteiger partial charge on any atom is 0.119 e. The first-order chi connectivity index (χ1) is 10.1. The normalized spacial score (nSPS) is 25.5. The summed E-state index contributed by atoms with van der Waals surface area (Å²) in [6.45, 7) is 13.4. The Balaban J connectivity index is 1.46. The minimum atomic E-state index is 0.580. The first kappa shape index (κ1) is 14.9. The average Bonchev–Trinajstić information content (AvgIpc) is 2.99. The molecule has 0 aromatic heterocycles. The summed E-state index contributed by atoms with van der Waals surface area (Å²) in [6, 6.07) is 6.50. The molecular formula is C18H28N2O. The minimum absolute atomic E-state index is 0.580. The van der Waals surface area contributed by atoms with Crippen LogP contribution in [0.3, 0.4) is 0 Å². The number of likely N-dealkylation sites (tertiary alicyclic amines) is 1. The molecule has 3 rings (SSSR count). The van der Waals surface area contributed by atoms with Gasteiger partial charge in [0.15, 0.2) is 0 Å². The Morgan fingerprint density at radius 3 is 2.57 bits per heavy atom. The van der Waals surface area contributed by atoms with E-state index in [1.807, 2.05) is 0 Å². The number of aryl methyl sites for hydroxylation is 1. The van der Waals surface area contributed by atoms with Gasteiger partial charge < -0.3 is 10.1 Å². The summed E-state index contributed by atoms with van der Waals surface area (Å²) in [4.78, 5) is 2.56. The van der Waals surface area contributed by atoms with Crippen LogP contribution in [0.5, 0.6) is 5.75 Å². The van der Waals surface area contributed by atoms with Crippen LogP contribution in [0, 0.1) is 18.8 Å². The summed E-state index contributed by atoms with van der Waals surface area (Å²) in [6.07, 6.45) is 0. The molecule has 2 aliphatic heterocycles. The van der Waals surface area contributed by atoms with Crippen LogP contribution in [0.15, 0.2) is 18.2 Å². The molecule has 3 nitrogen and oxygen atoms in total. The monoisotopic (exact) mass is 288 g/mol. The van der Waals surface area contributed by atoms with Crippen molar-refractivity contribution < 1.29 is 4.74 Å². The Morgan fingerprint density at radius 2 is 1.95 bits per heavy atom. The average molecular weight is 288 g/mol. The standard InChI is InChI=1S/C18H28N2O/c1-13(2)18-5-4-17(8-14(18)3)21-7-6-20-11-15-9-19-10-16(15)12-20/h4-5,8,13,15-16,19H,6-7,9-12H2,1-3H3. The maximum atomic E-state index is 5.95. The summed E-state index contributed by atoms with van der Waals surface area (Å²) >= 11 is 0. The van der Waals surface area contributed by atoms with Crippen molar-refractivity contribution in [3.05, 3.63) is 29.3 Å². The van der Waals surface area contributed by atoms with Crippen molar-refractivity contribution in [2.24, 2.45) is 11.8 Å². The lowest BCUT2D eigenvalue weighted by Crippen LogP contribution is -2.29. The molecule has 0 spiro atoms. The number of ether oxygens (including phenoxy) is 1. The first-order valence-corrected chi connectivity index (χ1v) is 8.30. The maximum absolute atomic E-state index is 5.95. The van der Waals surface area contributed by atoms with Gasteiger partial charge in [-0.05, 0) is 61.0 Å². The molecule has 0 aliphatic carbocycles. The van der Waals surface area contributed by atoms with E-state index in [4.69, 9.17) is 4.74 Å². The van der Waals surface area contributed by atoms with Crippen LogP contribution in [0.1, 0.15) is 30.9 Å². The van der Waals surface area contributed by atoms with Crippen LogP contribution in [-0.2, 0) is 0 Å². The van der Waals surface area contributed by atoms with E-state index in [2.05, 4.69) is 49.2 Å². The molecular weight excluding hydrogens is 260 g/mol. The molecule has 0 radical (unpaired) electrons. The Morgan fingerprint density at radius 1 is 1.24 bits per heavy atom. The Hall–Kier alpha value is -1.06. The molecule has 2 fully saturated rings. The molecule has 2 heterocycles. The molecule has 0 amide bonds. The van der Waals surface area contributed by atoms with Crippen molar-refractivity contribution in [1.82, 2.24) is 10.2 Å². The molecule has 2 atom stereocenters. The fourth-order valence-electron chi connectivity index (χ4n) is 3.81.